The second-order valence-corrected chi connectivity index (χ2v) is 3.31. The van der Waals surface area contributed by atoms with E-state index in [0.29, 0.717) is 19.0 Å². The van der Waals surface area contributed by atoms with Gasteiger partial charge in [-0.05, 0) is 12.1 Å². The lowest BCUT2D eigenvalue weighted by Crippen LogP contribution is -2.05. The van der Waals surface area contributed by atoms with Crippen molar-refractivity contribution in [1.29, 1.82) is 0 Å². The quantitative estimate of drug-likeness (QED) is 0.813. The van der Waals surface area contributed by atoms with Crippen LogP contribution in [0.4, 0.5) is 5.82 Å². The van der Waals surface area contributed by atoms with Gasteiger partial charge in [0.25, 0.3) is 0 Å². The van der Waals surface area contributed by atoms with E-state index in [1.165, 1.54) is 0 Å². The molecule has 0 amide bonds. The number of rotatable bonds is 4. The molecule has 0 aliphatic rings. The number of aromatic nitrogens is 4. The molecule has 16 heavy (non-hydrogen) atoms. The Morgan fingerprint density at radius 3 is 3.00 bits per heavy atom. The maximum absolute atomic E-state index is 5.52. The van der Waals surface area contributed by atoms with Crippen LogP contribution in [0.3, 0.4) is 0 Å². The molecule has 0 aliphatic carbocycles. The molecule has 0 spiro atoms. The average molecular weight is 219 g/mol. The van der Waals surface area contributed by atoms with E-state index in [1.54, 1.807) is 25.7 Å². The zero-order valence-corrected chi connectivity index (χ0v) is 9.00. The maximum Gasteiger partial charge on any atom is 0.165 e. The van der Waals surface area contributed by atoms with Crippen LogP contribution in [0.2, 0.25) is 0 Å². The Hall–Kier alpha value is -1.95. The molecule has 6 nitrogen and oxygen atoms in total. The van der Waals surface area contributed by atoms with Crippen molar-refractivity contribution in [3.8, 4) is 11.4 Å². The van der Waals surface area contributed by atoms with Crippen molar-refractivity contribution in [1.82, 2.24) is 19.7 Å². The van der Waals surface area contributed by atoms with E-state index < -0.39 is 0 Å². The van der Waals surface area contributed by atoms with Crippen molar-refractivity contribution in [2.24, 2.45) is 0 Å². The highest BCUT2D eigenvalue weighted by Gasteiger charge is 2.06. The fourth-order valence-corrected chi connectivity index (χ4v) is 1.37. The minimum Gasteiger partial charge on any atom is -0.384 e. The van der Waals surface area contributed by atoms with Gasteiger partial charge >= 0.3 is 0 Å². The van der Waals surface area contributed by atoms with E-state index in [0.717, 1.165) is 11.4 Å². The van der Waals surface area contributed by atoms with Gasteiger partial charge in [0.2, 0.25) is 0 Å². The summed E-state index contributed by atoms with van der Waals surface area (Å²) in [6.45, 7) is 1.33. The van der Waals surface area contributed by atoms with Gasteiger partial charge < -0.3 is 15.0 Å². The van der Waals surface area contributed by atoms with Crippen LogP contribution in [0, 0.1) is 0 Å². The molecule has 2 aromatic heterocycles. The van der Waals surface area contributed by atoms with Crippen molar-refractivity contribution in [2.75, 3.05) is 19.5 Å². The number of anilines is 1. The molecular formula is C10H13N5O. The molecule has 84 valence electrons. The van der Waals surface area contributed by atoms with Crippen LogP contribution < -0.4 is 5.73 Å². The third-order valence-electron chi connectivity index (χ3n) is 2.20. The van der Waals surface area contributed by atoms with Gasteiger partial charge in [-0.15, -0.1) is 10.2 Å². The van der Waals surface area contributed by atoms with Crippen LogP contribution >= 0.6 is 0 Å². The molecule has 0 bridgehead atoms. The lowest BCUT2D eigenvalue weighted by molar-refractivity contribution is 0.187. The fraction of sp³-hybridized carbons (Fsp3) is 0.300. The topological polar surface area (TPSA) is 78.8 Å². The summed E-state index contributed by atoms with van der Waals surface area (Å²) in [6.07, 6.45) is 3.35. The Balaban J connectivity index is 2.26. The zero-order chi connectivity index (χ0) is 11.4. The monoisotopic (exact) mass is 219 g/mol. The van der Waals surface area contributed by atoms with Crippen molar-refractivity contribution < 1.29 is 4.74 Å². The van der Waals surface area contributed by atoms with Crippen LogP contribution in [0.5, 0.6) is 0 Å². The predicted molar refractivity (Wildman–Crippen MR) is 59.5 cm³/mol. The average Bonchev–Trinajstić information content (AvgIpc) is 2.75. The van der Waals surface area contributed by atoms with Crippen molar-refractivity contribution in [3.63, 3.8) is 0 Å². The number of methoxy groups -OCH3 is 1. The summed E-state index contributed by atoms with van der Waals surface area (Å²) < 4.78 is 6.93. The first-order valence-corrected chi connectivity index (χ1v) is 4.90. The van der Waals surface area contributed by atoms with E-state index in [9.17, 15) is 0 Å². The first-order chi connectivity index (χ1) is 7.81. The first-order valence-electron chi connectivity index (χ1n) is 4.90. The first kappa shape index (κ1) is 10.6. The minimum atomic E-state index is 0.492. The molecule has 2 rings (SSSR count). The number of nitrogens with zero attached hydrogens (tertiary/aromatic N) is 4. The summed E-state index contributed by atoms with van der Waals surface area (Å²) in [5.41, 5.74) is 6.42. The largest absolute Gasteiger partial charge is 0.384 e. The van der Waals surface area contributed by atoms with Crippen molar-refractivity contribution in [2.45, 2.75) is 6.54 Å². The Labute approximate surface area is 93.1 Å². The molecule has 2 aromatic rings. The number of hydrogen-bond donors (Lipinski definition) is 1. The second-order valence-electron chi connectivity index (χ2n) is 3.31. The Kier molecular flexibility index (Phi) is 3.11. The SMILES string of the molecule is COCCn1cnnc1-c1ccc(N)nc1. The van der Waals surface area contributed by atoms with E-state index >= 15 is 0 Å². The molecule has 2 heterocycles. The standard InChI is InChI=1S/C10H13N5O/c1-16-5-4-15-7-13-14-10(15)8-2-3-9(11)12-6-8/h2-3,6-7H,4-5H2,1H3,(H2,11,12). The summed E-state index contributed by atoms with van der Waals surface area (Å²) in [4.78, 5) is 4.02. The van der Waals surface area contributed by atoms with Gasteiger partial charge in [-0.25, -0.2) is 4.98 Å². The molecule has 0 atom stereocenters. The highest BCUT2D eigenvalue weighted by molar-refractivity contribution is 5.55. The third-order valence-corrected chi connectivity index (χ3v) is 2.20. The van der Waals surface area contributed by atoms with Gasteiger partial charge in [-0.3, -0.25) is 0 Å². The molecule has 0 saturated carbocycles. The summed E-state index contributed by atoms with van der Waals surface area (Å²) in [5, 5.41) is 7.92. The highest BCUT2D eigenvalue weighted by Crippen LogP contribution is 2.15. The van der Waals surface area contributed by atoms with E-state index in [1.807, 2.05) is 10.6 Å². The van der Waals surface area contributed by atoms with Gasteiger partial charge in [-0.1, -0.05) is 0 Å². The van der Waals surface area contributed by atoms with Crippen LogP contribution in [0.1, 0.15) is 0 Å². The number of nitrogens with two attached hydrogens (primary N) is 1. The van der Waals surface area contributed by atoms with Crippen LogP contribution in [-0.2, 0) is 11.3 Å². The lowest BCUT2D eigenvalue weighted by atomic mass is 10.2. The molecule has 0 aromatic carbocycles. The van der Waals surface area contributed by atoms with Crippen molar-refractivity contribution in [3.05, 3.63) is 24.7 Å². The number of hydrogen-bond acceptors (Lipinski definition) is 5. The molecule has 0 unspecified atom stereocenters. The highest BCUT2D eigenvalue weighted by atomic mass is 16.5. The fourth-order valence-electron chi connectivity index (χ4n) is 1.37. The van der Waals surface area contributed by atoms with E-state index in [-0.39, 0.29) is 0 Å². The zero-order valence-electron chi connectivity index (χ0n) is 9.00. The van der Waals surface area contributed by atoms with Crippen LogP contribution in [0.15, 0.2) is 24.7 Å². The molecular weight excluding hydrogens is 206 g/mol. The van der Waals surface area contributed by atoms with E-state index in [4.69, 9.17) is 10.5 Å². The number of nitrogen functional groups attached to an aromatic ring is 1. The molecule has 0 fully saturated rings. The van der Waals surface area contributed by atoms with Crippen molar-refractivity contribution >= 4 is 5.82 Å². The third kappa shape index (κ3) is 2.17. The van der Waals surface area contributed by atoms with Gasteiger partial charge in [0, 0.05) is 25.4 Å². The van der Waals surface area contributed by atoms with Gasteiger partial charge in [0.05, 0.1) is 6.61 Å². The minimum absolute atomic E-state index is 0.492. The predicted octanol–water partition coefficient (Wildman–Crippen LogP) is 0.569. The molecule has 6 heteroatoms. The second kappa shape index (κ2) is 4.71. The molecule has 0 aliphatic heterocycles. The summed E-state index contributed by atoms with van der Waals surface area (Å²) in [7, 11) is 1.66. The van der Waals surface area contributed by atoms with Gasteiger partial charge in [0.15, 0.2) is 5.82 Å². The smallest absolute Gasteiger partial charge is 0.165 e. The van der Waals surface area contributed by atoms with Crippen LogP contribution in [-0.4, -0.2) is 33.5 Å². The van der Waals surface area contributed by atoms with E-state index in [2.05, 4.69) is 15.2 Å². The summed E-state index contributed by atoms with van der Waals surface area (Å²) in [6, 6.07) is 3.61. The molecule has 2 N–H and O–H groups in total. The normalized spacial score (nSPS) is 10.6. The van der Waals surface area contributed by atoms with Crippen LogP contribution in [0.25, 0.3) is 11.4 Å². The Morgan fingerprint density at radius 1 is 1.44 bits per heavy atom. The van der Waals surface area contributed by atoms with Gasteiger partial charge in [0.1, 0.15) is 12.1 Å². The molecule has 0 saturated heterocycles. The number of pyridine rings is 1. The molecule has 0 radical (unpaired) electrons. The number of ether oxygens (including phenoxy) is 1. The Bertz CT molecular complexity index is 450. The maximum atomic E-state index is 5.52. The summed E-state index contributed by atoms with van der Waals surface area (Å²) >= 11 is 0. The van der Waals surface area contributed by atoms with Gasteiger partial charge in [-0.2, -0.15) is 0 Å². The lowest BCUT2D eigenvalue weighted by Gasteiger charge is -2.05. The Morgan fingerprint density at radius 2 is 2.31 bits per heavy atom. The summed E-state index contributed by atoms with van der Waals surface area (Å²) in [5.74, 6) is 1.26.